The van der Waals surface area contributed by atoms with E-state index in [9.17, 15) is 5.26 Å². The molecule has 0 aliphatic rings. The molecule has 0 aliphatic carbocycles. The van der Waals surface area contributed by atoms with Gasteiger partial charge in [0.2, 0.25) is 0 Å². The molecule has 0 N–H and O–H groups in total. The number of benzene rings is 7. The van der Waals surface area contributed by atoms with Crippen LogP contribution >= 0.6 is 0 Å². The third-order valence-corrected chi connectivity index (χ3v) is 9.70. The Hall–Kier alpha value is -7.36. The summed E-state index contributed by atoms with van der Waals surface area (Å²) in [7, 11) is 0. The molecule has 10 rings (SSSR count). The molecule has 0 atom stereocenters. The Kier molecular flexibility index (Phi) is 6.76. The predicted molar refractivity (Wildman–Crippen MR) is 208 cm³/mol. The van der Waals surface area contributed by atoms with E-state index >= 15 is 0 Å². The largest absolute Gasteiger partial charge is 0.455 e. The average Bonchev–Trinajstić information content (AvgIpc) is 3.77. The van der Waals surface area contributed by atoms with Crippen molar-refractivity contribution in [1.29, 1.82) is 5.26 Å². The summed E-state index contributed by atoms with van der Waals surface area (Å²) in [6, 6.07) is 57.4. The lowest BCUT2D eigenvalue weighted by Gasteiger charge is -2.16. The van der Waals surface area contributed by atoms with Gasteiger partial charge in [-0.2, -0.15) is 5.26 Å². The molecular weight excluding hydrogens is 639 g/mol. The maximum absolute atomic E-state index is 9.63. The van der Waals surface area contributed by atoms with Crippen molar-refractivity contribution in [2.24, 2.45) is 0 Å². The number of hydrogen-bond donors (Lipinski definition) is 0. The second-order valence-electron chi connectivity index (χ2n) is 12.7. The third kappa shape index (κ3) is 4.76. The van der Waals surface area contributed by atoms with E-state index in [1.807, 2.05) is 103 Å². The molecule has 0 bridgehead atoms. The topological polar surface area (TPSA) is 80.5 Å². The van der Waals surface area contributed by atoms with Gasteiger partial charge in [-0.05, 0) is 60.2 Å². The van der Waals surface area contributed by atoms with Crippen LogP contribution in [-0.2, 0) is 0 Å². The molecule has 0 spiro atoms. The first-order chi connectivity index (χ1) is 25.7. The summed E-state index contributed by atoms with van der Waals surface area (Å²) < 4.78 is 8.88. The number of fused-ring (bicyclic) bond motifs is 7. The van der Waals surface area contributed by atoms with Gasteiger partial charge in [-0.3, -0.25) is 0 Å². The number of aromatic nitrogens is 4. The number of rotatable bonds is 5. The molecule has 242 valence electrons. The minimum absolute atomic E-state index is 0.570. The van der Waals surface area contributed by atoms with Crippen LogP contribution in [0, 0.1) is 11.3 Å². The Morgan fingerprint density at radius 3 is 1.77 bits per heavy atom. The van der Waals surface area contributed by atoms with Gasteiger partial charge in [0.1, 0.15) is 11.2 Å². The van der Waals surface area contributed by atoms with E-state index in [0.717, 1.165) is 77.2 Å². The van der Waals surface area contributed by atoms with Gasteiger partial charge in [-0.1, -0.05) is 109 Å². The Bertz CT molecular complexity index is 2950. The highest BCUT2D eigenvalue weighted by Gasteiger charge is 2.21. The van der Waals surface area contributed by atoms with Crippen LogP contribution in [-0.4, -0.2) is 19.5 Å². The quantitative estimate of drug-likeness (QED) is 0.183. The van der Waals surface area contributed by atoms with Crippen LogP contribution in [0.15, 0.2) is 168 Å². The standard InChI is InChI=1S/C46H27N5O/c47-28-29-19-21-30(22-20-29)37-27-33(46-49-44(31-11-3-1-4-12-31)48-45(50-46)32-13-5-2-6-14-32)23-25-39(37)51-38-17-9-7-16-36(38)42-40(51)26-24-35-34-15-8-10-18-41(34)52-43(35)42/h1-27H. The smallest absolute Gasteiger partial charge is 0.164 e. The molecule has 0 unspecified atom stereocenters. The van der Waals surface area contributed by atoms with Gasteiger partial charge >= 0.3 is 0 Å². The molecule has 52 heavy (non-hydrogen) atoms. The zero-order valence-corrected chi connectivity index (χ0v) is 27.7. The summed E-state index contributed by atoms with van der Waals surface area (Å²) in [4.78, 5) is 14.9. The van der Waals surface area contributed by atoms with E-state index in [4.69, 9.17) is 19.4 Å². The zero-order valence-electron chi connectivity index (χ0n) is 27.7. The van der Waals surface area contributed by atoms with E-state index in [-0.39, 0.29) is 0 Å². The van der Waals surface area contributed by atoms with Crippen molar-refractivity contribution in [1.82, 2.24) is 19.5 Å². The van der Waals surface area contributed by atoms with Crippen LogP contribution in [0.25, 0.3) is 94.7 Å². The summed E-state index contributed by atoms with van der Waals surface area (Å²) in [5, 5.41) is 14.0. The Labute approximate surface area is 298 Å². The van der Waals surface area contributed by atoms with Gasteiger partial charge in [-0.15, -0.1) is 0 Å². The average molecular weight is 666 g/mol. The lowest BCUT2D eigenvalue weighted by molar-refractivity contribution is 0.673. The monoisotopic (exact) mass is 665 g/mol. The summed E-state index contributed by atoms with van der Waals surface area (Å²) in [6.07, 6.45) is 0. The number of hydrogen-bond acceptors (Lipinski definition) is 5. The number of para-hydroxylation sites is 2. The Balaban J connectivity index is 1.24. The van der Waals surface area contributed by atoms with E-state index < -0.39 is 0 Å². The van der Waals surface area contributed by atoms with Crippen LogP contribution in [0.2, 0.25) is 0 Å². The van der Waals surface area contributed by atoms with Gasteiger partial charge in [-0.25, -0.2) is 15.0 Å². The second-order valence-corrected chi connectivity index (χ2v) is 12.7. The van der Waals surface area contributed by atoms with Crippen molar-refractivity contribution in [2.45, 2.75) is 0 Å². The molecule has 0 radical (unpaired) electrons. The molecule has 6 nitrogen and oxygen atoms in total. The van der Waals surface area contributed by atoms with Gasteiger partial charge in [0, 0.05) is 38.4 Å². The highest BCUT2D eigenvalue weighted by molar-refractivity contribution is 6.24. The van der Waals surface area contributed by atoms with Crippen LogP contribution in [0.4, 0.5) is 0 Å². The molecule has 0 amide bonds. The van der Waals surface area contributed by atoms with Gasteiger partial charge in [0.05, 0.1) is 33.7 Å². The van der Waals surface area contributed by atoms with Crippen molar-refractivity contribution >= 4 is 43.7 Å². The first-order valence-electron chi connectivity index (χ1n) is 17.1. The van der Waals surface area contributed by atoms with Crippen molar-refractivity contribution in [2.75, 3.05) is 0 Å². The molecule has 3 aromatic heterocycles. The van der Waals surface area contributed by atoms with E-state index in [1.165, 1.54) is 0 Å². The van der Waals surface area contributed by atoms with Crippen molar-refractivity contribution in [3.05, 3.63) is 169 Å². The Morgan fingerprint density at radius 2 is 1.08 bits per heavy atom. The minimum Gasteiger partial charge on any atom is -0.455 e. The summed E-state index contributed by atoms with van der Waals surface area (Å²) in [6.45, 7) is 0. The van der Waals surface area contributed by atoms with E-state index in [2.05, 4.69) is 71.3 Å². The van der Waals surface area contributed by atoms with Crippen molar-refractivity contribution in [3.63, 3.8) is 0 Å². The summed E-state index contributed by atoms with van der Waals surface area (Å²) >= 11 is 0. The molecule has 0 saturated heterocycles. The molecule has 10 aromatic rings. The first kappa shape index (κ1) is 29.5. The maximum Gasteiger partial charge on any atom is 0.164 e. The summed E-state index contributed by atoms with van der Waals surface area (Å²) in [5.41, 5.74) is 10.0. The number of nitrogens with zero attached hydrogens (tertiary/aromatic N) is 5. The highest BCUT2D eigenvalue weighted by Crippen LogP contribution is 2.42. The summed E-state index contributed by atoms with van der Waals surface area (Å²) in [5.74, 6) is 1.77. The molecule has 3 heterocycles. The van der Waals surface area contributed by atoms with Gasteiger partial charge < -0.3 is 8.98 Å². The minimum atomic E-state index is 0.570. The fourth-order valence-corrected chi connectivity index (χ4v) is 7.26. The van der Waals surface area contributed by atoms with E-state index in [1.54, 1.807) is 0 Å². The van der Waals surface area contributed by atoms with Crippen LogP contribution in [0.3, 0.4) is 0 Å². The SMILES string of the molecule is N#Cc1ccc(-c2cc(-c3nc(-c4ccccc4)nc(-c4ccccc4)n3)ccc2-n2c3ccccc3c3c4oc5ccccc5c4ccc32)cc1. The van der Waals surface area contributed by atoms with E-state index in [0.29, 0.717) is 23.0 Å². The first-order valence-corrected chi connectivity index (χ1v) is 17.1. The lowest BCUT2D eigenvalue weighted by atomic mass is 9.99. The fourth-order valence-electron chi connectivity index (χ4n) is 7.26. The molecular formula is C46H27N5O. The number of nitriles is 1. The molecule has 0 fully saturated rings. The number of furan rings is 1. The molecule has 0 saturated carbocycles. The normalized spacial score (nSPS) is 11.4. The fraction of sp³-hybridized carbons (Fsp3) is 0. The second kappa shape index (κ2) is 11.9. The van der Waals surface area contributed by atoms with Crippen molar-refractivity contribution < 1.29 is 4.42 Å². The van der Waals surface area contributed by atoms with Gasteiger partial charge in [0.15, 0.2) is 17.5 Å². The third-order valence-electron chi connectivity index (χ3n) is 9.70. The molecule has 7 aromatic carbocycles. The maximum atomic E-state index is 9.63. The Morgan fingerprint density at radius 1 is 0.481 bits per heavy atom. The zero-order chi connectivity index (χ0) is 34.6. The van der Waals surface area contributed by atoms with Crippen molar-refractivity contribution in [3.8, 4) is 57.0 Å². The van der Waals surface area contributed by atoms with Crippen LogP contribution < -0.4 is 0 Å². The molecule has 6 heteroatoms. The molecule has 0 aliphatic heterocycles. The van der Waals surface area contributed by atoms with Crippen LogP contribution in [0.5, 0.6) is 0 Å². The van der Waals surface area contributed by atoms with Crippen LogP contribution in [0.1, 0.15) is 5.56 Å². The highest BCUT2D eigenvalue weighted by atomic mass is 16.3. The van der Waals surface area contributed by atoms with Gasteiger partial charge in [0.25, 0.3) is 0 Å². The predicted octanol–water partition coefficient (Wildman–Crippen LogP) is 11.4. The lowest BCUT2D eigenvalue weighted by Crippen LogP contribution is -2.02.